The van der Waals surface area contributed by atoms with E-state index >= 15 is 0 Å². The molecule has 29 heavy (non-hydrogen) atoms. The number of nitro benzene ring substituents is 1. The smallest absolute Gasteiger partial charge is 0.465 e. The Labute approximate surface area is 161 Å². The summed E-state index contributed by atoms with van der Waals surface area (Å²) in [5.74, 6) is -2.93. The Hall–Kier alpha value is -3.83. The molecule has 0 fully saturated rings. The number of nitro groups is 1. The molecule has 0 N–H and O–H groups in total. The van der Waals surface area contributed by atoms with Crippen LogP contribution < -0.4 is 9.64 Å². The second kappa shape index (κ2) is 8.46. The molecule has 0 unspecified atom stereocenters. The third-order valence-corrected chi connectivity index (χ3v) is 3.53. The zero-order valence-electron chi connectivity index (χ0n) is 14.9. The molecule has 0 bridgehead atoms. The third-order valence-electron chi connectivity index (χ3n) is 3.53. The summed E-state index contributed by atoms with van der Waals surface area (Å²) in [5, 5.41) is 11.2. The van der Waals surface area contributed by atoms with Crippen molar-refractivity contribution in [2.45, 2.75) is 6.36 Å². The van der Waals surface area contributed by atoms with E-state index in [0.717, 1.165) is 37.3 Å². The Balaban J connectivity index is 2.66. The van der Waals surface area contributed by atoms with Crippen LogP contribution in [0.4, 0.5) is 24.5 Å². The molecule has 154 valence electrons. The van der Waals surface area contributed by atoms with Crippen LogP contribution in [0.15, 0.2) is 53.9 Å². The van der Waals surface area contributed by atoms with Gasteiger partial charge in [-0.05, 0) is 24.3 Å². The van der Waals surface area contributed by atoms with Gasteiger partial charge in [0.1, 0.15) is 5.70 Å². The van der Waals surface area contributed by atoms with Crippen LogP contribution in [0.3, 0.4) is 0 Å². The van der Waals surface area contributed by atoms with Gasteiger partial charge in [-0.1, -0.05) is 6.08 Å². The molecular formula is C17H13F3N2O7. The fourth-order valence-corrected chi connectivity index (χ4v) is 2.37. The van der Waals surface area contributed by atoms with Gasteiger partial charge in [-0.3, -0.25) is 10.1 Å². The lowest BCUT2D eigenvalue weighted by atomic mass is 10.1. The number of nitrogens with zero attached hydrogens (tertiary/aromatic N) is 2. The lowest BCUT2D eigenvalue weighted by molar-refractivity contribution is -0.388. The highest BCUT2D eigenvalue weighted by Crippen LogP contribution is 2.37. The van der Waals surface area contributed by atoms with Crippen LogP contribution in [0.5, 0.6) is 5.75 Å². The summed E-state index contributed by atoms with van der Waals surface area (Å²) in [6, 6.07) is 2.52. The van der Waals surface area contributed by atoms with Gasteiger partial charge in [-0.2, -0.15) is 0 Å². The summed E-state index contributed by atoms with van der Waals surface area (Å²) in [6.45, 7) is 0. The molecule has 2 rings (SSSR count). The van der Waals surface area contributed by atoms with Crippen molar-refractivity contribution in [1.82, 2.24) is 0 Å². The molecule has 0 radical (unpaired) electrons. The van der Waals surface area contributed by atoms with E-state index in [-0.39, 0.29) is 17.0 Å². The van der Waals surface area contributed by atoms with Gasteiger partial charge >= 0.3 is 24.0 Å². The zero-order chi connectivity index (χ0) is 21.8. The number of methoxy groups -OCH3 is 2. The van der Waals surface area contributed by atoms with E-state index in [0.29, 0.717) is 0 Å². The maximum Gasteiger partial charge on any atom is 0.573 e. The monoisotopic (exact) mass is 414 g/mol. The normalized spacial score (nSPS) is 13.8. The molecule has 1 aromatic carbocycles. The molecule has 12 heteroatoms. The highest BCUT2D eigenvalue weighted by molar-refractivity contribution is 6.05. The van der Waals surface area contributed by atoms with Crippen molar-refractivity contribution < 1.29 is 41.9 Å². The van der Waals surface area contributed by atoms with Crippen molar-refractivity contribution >= 4 is 23.3 Å². The Morgan fingerprint density at radius 2 is 1.76 bits per heavy atom. The average Bonchev–Trinajstić information content (AvgIpc) is 2.88. The van der Waals surface area contributed by atoms with Crippen molar-refractivity contribution in [3.8, 4) is 5.75 Å². The number of carbonyl (C=O) groups excluding carboxylic acids is 2. The van der Waals surface area contributed by atoms with Gasteiger partial charge in [0.05, 0.1) is 30.4 Å². The number of alkyl halides is 3. The highest BCUT2D eigenvalue weighted by Gasteiger charge is 2.35. The summed E-state index contributed by atoms with van der Waals surface area (Å²) in [7, 11) is 2.12. The summed E-state index contributed by atoms with van der Waals surface area (Å²) in [6.07, 6.45) is 0.162. The van der Waals surface area contributed by atoms with Gasteiger partial charge in [-0.15, -0.1) is 13.2 Å². The van der Waals surface area contributed by atoms with Crippen LogP contribution in [0.1, 0.15) is 0 Å². The van der Waals surface area contributed by atoms with Gasteiger partial charge in [-0.25, -0.2) is 9.59 Å². The largest absolute Gasteiger partial charge is 0.573 e. The van der Waals surface area contributed by atoms with Gasteiger partial charge in [0.15, 0.2) is 0 Å². The van der Waals surface area contributed by atoms with Crippen molar-refractivity contribution in [1.29, 1.82) is 0 Å². The minimum Gasteiger partial charge on any atom is -0.465 e. The predicted octanol–water partition coefficient (Wildman–Crippen LogP) is 2.98. The summed E-state index contributed by atoms with van der Waals surface area (Å²) < 4.78 is 50.4. The number of carbonyl (C=O) groups is 2. The van der Waals surface area contributed by atoms with E-state index in [1.165, 1.54) is 24.4 Å². The molecule has 0 saturated heterocycles. The molecule has 0 amide bonds. The maximum atomic E-state index is 12.5. The minimum absolute atomic E-state index is 0.104. The van der Waals surface area contributed by atoms with Crippen molar-refractivity contribution in [2.75, 3.05) is 19.1 Å². The number of benzene rings is 1. The summed E-state index contributed by atoms with van der Waals surface area (Å²) in [5.41, 5.74) is -1.70. The Kier molecular flexibility index (Phi) is 6.26. The van der Waals surface area contributed by atoms with Crippen molar-refractivity contribution in [2.24, 2.45) is 0 Å². The molecule has 1 aliphatic rings. The highest BCUT2D eigenvalue weighted by atomic mass is 19.4. The first-order valence-electron chi connectivity index (χ1n) is 7.68. The predicted molar refractivity (Wildman–Crippen MR) is 91.6 cm³/mol. The number of hydrogen-bond donors (Lipinski definition) is 0. The van der Waals surface area contributed by atoms with Crippen LogP contribution in [0, 0.1) is 10.1 Å². The number of halogens is 3. The van der Waals surface area contributed by atoms with Crippen molar-refractivity contribution in [3.63, 3.8) is 0 Å². The fourth-order valence-electron chi connectivity index (χ4n) is 2.37. The molecule has 0 atom stereocenters. The Morgan fingerprint density at radius 3 is 2.31 bits per heavy atom. The SMILES string of the molecule is COC(=O)C1=C(C(=O)OC)N(c2ccc(OC(F)(F)F)c([N+](=O)[O-])c2)C=CC=C1. The molecule has 1 heterocycles. The number of allylic oxidation sites excluding steroid dienone is 2. The first-order valence-corrected chi connectivity index (χ1v) is 7.68. The summed E-state index contributed by atoms with van der Waals surface area (Å²) in [4.78, 5) is 35.6. The number of anilines is 1. The van der Waals surface area contributed by atoms with Crippen LogP contribution in [-0.2, 0) is 19.1 Å². The second-order valence-corrected chi connectivity index (χ2v) is 5.27. The van der Waals surface area contributed by atoms with E-state index in [1.54, 1.807) is 0 Å². The molecule has 9 nitrogen and oxygen atoms in total. The standard InChI is InChI=1S/C17H13F3N2O7/c1-27-15(23)11-5-3-4-8-21(14(11)16(24)28-2)10-6-7-13(29-17(18,19)20)12(9-10)22(25)26/h3-9H,1-2H3. The van der Waals surface area contributed by atoms with E-state index in [2.05, 4.69) is 14.2 Å². The van der Waals surface area contributed by atoms with Gasteiger partial charge < -0.3 is 19.1 Å². The van der Waals surface area contributed by atoms with Crippen molar-refractivity contribution in [3.05, 3.63) is 64.0 Å². The number of ether oxygens (including phenoxy) is 3. The Bertz CT molecular complexity index is 935. The molecule has 0 aliphatic carbocycles. The third kappa shape index (κ3) is 4.91. The molecule has 0 saturated carbocycles. The zero-order valence-corrected chi connectivity index (χ0v) is 14.9. The minimum atomic E-state index is -5.15. The molecule has 1 aliphatic heterocycles. The maximum absolute atomic E-state index is 12.5. The number of rotatable bonds is 5. The quantitative estimate of drug-likeness (QED) is 0.411. The molecule has 0 spiro atoms. The fraction of sp³-hybridized carbons (Fsp3) is 0.176. The first kappa shape index (κ1) is 21.5. The van der Waals surface area contributed by atoms with Crippen LogP contribution in [0.2, 0.25) is 0 Å². The number of hydrogen-bond acceptors (Lipinski definition) is 8. The van der Waals surface area contributed by atoms with Crippen LogP contribution in [-0.4, -0.2) is 37.4 Å². The lowest BCUT2D eigenvalue weighted by Gasteiger charge is -2.23. The molecule has 1 aromatic rings. The Morgan fingerprint density at radius 1 is 1.10 bits per heavy atom. The van der Waals surface area contributed by atoms with E-state index < -0.39 is 34.7 Å². The van der Waals surface area contributed by atoms with Gasteiger partial charge in [0.2, 0.25) is 5.75 Å². The lowest BCUT2D eigenvalue weighted by Crippen LogP contribution is -2.27. The summed E-state index contributed by atoms with van der Waals surface area (Å²) >= 11 is 0. The van der Waals surface area contributed by atoms with Crippen LogP contribution in [0.25, 0.3) is 0 Å². The van der Waals surface area contributed by atoms with E-state index in [9.17, 15) is 32.9 Å². The second-order valence-electron chi connectivity index (χ2n) is 5.27. The van der Waals surface area contributed by atoms with Gasteiger partial charge in [0.25, 0.3) is 0 Å². The first-order chi connectivity index (χ1) is 13.6. The molecule has 0 aromatic heterocycles. The average molecular weight is 414 g/mol. The van der Waals surface area contributed by atoms with E-state index in [4.69, 9.17) is 0 Å². The van der Waals surface area contributed by atoms with Crippen LogP contribution >= 0.6 is 0 Å². The van der Waals surface area contributed by atoms with Gasteiger partial charge in [0, 0.05) is 12.3 Å². The van der Waals surface area contributed by atoms with E-state index in [1.807, 2.05) is 0 Å². The number of esters is 2. The molecular weight excluding hydrogens is 401 g/mol. The topological polar surface area (TPSA) is 108 Å².